The van der Waals surface area contributed by atoms with Gasteiger partial charge < -0.3 is 10.2 Å². The Morgan fingerprint density at radius 3 is 3.12 bits per heavy atom. The monoisotopic (exact) mass is 321 g/mol. The molecule has 2 N–H and O–H groups in total. The lowest BCUT2D eigenvalue weighted by Crippen LogP contribution is -2.45. The minimum absolute atomic E-state index is 0.0555. The number of nitrogens with zero attached hydrogens (tertiary/aromatic N) is 3. The summed E-state index contributed by atoms with van der Waals surface area (Å²) in [5.74, 6) is 0.0555. The summed E-state index contributed by atoms with van der Waals surface area (Å²) in [7, 11) is 0. The standard InChI is InChI=1S/C18H19N5O/c24-18(13-3-1-7-19-10-13)23-8-2-4-16(12-23)21-15-5-6-17-14(9-15)11-20-22-17/h1,3,5-7,9-11,16,21H,2,4,8,12H2,(H,20,22). The Kier molecular flexibility index (Phi) is 3.86. The average molecular weight is 321 g/mol. The number of carbonyl (C=O) groups is 1. The van der Waals surface area contributed by atoms with Crippen molar-refractivity contribution in [2.75, 3.05) is 18.4 Å². The predicted octanol–water partition coefficient (Wildman–Crippen LogP) is 2.67. The van der Waals surface area contributed by atoms with Crippen LogP contribution < -0.4 is 5.32 Å². The molecule has 2 aromatic heterocycles. The lowest BCUT2D eigenvalue weighted by Gasteiger charge is -2.33. The molecule has 0 aliphatic carbocycles. The highest BCUT2D eigenvalue weighted by Gasteiger charge is 2.24. The van der Waals surface area contributed by atoms with Crippen molar-refractivity contribution in [3.63, 3.8) is 0 Å². The number of nitrogens with one attached hydrogen (secondary N) is 2. The number of hydrogen-bond acceptors (Lipinski definition) is 4. The Morgan fingerprint density at radius 1 is 1.29 bits per heavy atom. The Hall–Kier alpha value is -2.89. The van der Waals surface area contributed by atoms with Crippen LogP contribution in [0.4, 0.5) is 5.69 Å². The second-order valence-electron chi connectivity index (χ2n) is 6.15. The van der Waals surface area contributed by atoms with Crippen LogP contribution in [-0.2, 0) is 0 Å². The highest BCUT2D eigenvalue weighted by atomic mass is 16.2. The fourth-order valence-corrected chi connectivity index (χ4v) is 3.22. The minimum Gasteiger partial charge on any atom is -0.381 e. The number of amides is 1. The van der Waals surface area contributed by atoms with Crippen LogP contribution in [0.1, 0.15) is 23.2 Å². The van der Waals surface area contributed by atoms with Gasteiger partial charge in [-0.1, -0.05) is 0 Å². The van der Waals surface area contributed by atoms with E-state index in [0.29, 0.717) is 12.1 Å². The Bertz CT molecular complexity index is 845. The first-order valence-electron chi connectivity index (χ1n) is 8.18. The lowest BCUT2D eigenvalue weighted by molar-refractivity contribution is 0.0714. The molecule has 1 saturated heterocycles. The van der Waals surface area contributed by atoms with Crippen LogP contribution >= 0.6 is 0 Å². The third-order valence-electron chi connectivity index (χ3n) is 4.43. The molecule has 24 heavy (non-hydrogen) atoms. The van der Waals surface area contributed by atoms with E-state index < -0.39 is 0 Å². The molecule has 1 fully saturated rings. The molecule has 122 valence electrons. The number of fused-ring (bicyclic) bond motifs is 1. The van der Waals surface area contributed by atoms with Gasteiger partial charge in [0.25, 0.3) is 5.91 Å². The van der Waals surface area contributed by atoms with Gasteiger partial charge in [-0.2, -0.15) is 5.10 Å². The van der Waals surface area contributed by atoms with E-state index in [1.54, 1.807) is 18.5 Å². The molecule has 0 spiro atoms. The summed E-state index contributed by atoms with van der Waals surface area (Å²) in [6.45, 7) is 1.50. The molecule has 1 aromatic carbocycles. The first-order valence-corrected chi connectivity index (χ1v) is 8.18. The number of pyridine rings is 1. The van der Waals surface area contributed by atoms with Crippen molar-refractivity contribution in [3.8, 4) is 0 Å². The van der Waals surface area contributed by atoms with Crippen molar-refractivity contribution in [1.82, 2.24) is 20.1 Å². The fraction of sp³-hybridized carbons (Fsp3) is 0.278. The summed E-state index contributed by atoms with van der Waals surface area (Å²) < 4.78 is 0. The second-order valence-corrected chi connectivity index (χ2v) is 6.15. The van der Waals surface area contributed by atoms with Gasteiger partial charge in [0.2, 0.25) is 0 Å². The smallest absolute Gasteiger partial charge is 0.255 e. The maximum Gasteiger partial charge on any atom is 0.255 e. The number of aromatic amines is 1. The number of carbonyl (C=O) groups excluding carboxylic acids is 1. The average Bonchev–Trinajstić information content (AvgIpc) is 3.10. The molecule has 1 atom stereocenters. The van der Waals surface area contributed by atoms with Gasteiger partial charge in [-0.3, -0.25) is 14.9 Å². The number of piperidine rings is 1. The van der Waals surface area contributed by atoms with E-state index >= 15 is 0 Å². The normalized spacial score (nSPS) is 17.8. The van der Waals surface area contributed by atoms with Crippen LogP contribution in [-0.4, -0.2) is 45.1 Å². The van der Waals surface area contributed by atoms with Crippen LogP contribution in [0.15, 0.2) is 48.9 Å². The summed E-state index contributed by atoms with van der Waals surface area (Å²) in [4.78, 5) is 18.5. The molecule has 6 heteroatoms. The van der Waals surface area contributed by atoms with Crippen molar-refractivity contribution >= 4 is 22.5 Å². The van der Waals surface area contributed by atoms with Gasteiger partial charge in [-0.15, -0.1) is 0 Å². The first-order chi connectivity index (χ1) is 11.8. The molecule has 0 saturated carbocycles. The zero-order chi connectivity index (χ0) is 16.4. The molecule has 1 unspecified atom stereocenters. The quantitative estimate of drug-likeness (QED) is 0.778. The van der Waals surface area contributed by atoms with E-state index in [1.807, 2.05) is 29.3 Å². The Balaban J connectivity index is 1.45. The van der Waals surface area contributed by atoms with E-state index in [-0.39, 0.29) is 11.9 Å². The Morgan fingerprint density at radius 2 is 2.25 bits per heavy atom. The lowest BCUT2D eigenvalue weighted by atomic mass is 10.0. The van der Waals surface area contributed by atoms with E-state index in [4.69, 9.17) is 0 Å². The van der Waals surface area contributed by atoms with Crippen LogP contribution in [0.25, 0.3) is 10.9 Å². The SMILES string of the molecule is O=C(c1cccnc1)N1CCCC(Nc2ccc3[nH]ncc3c2)C1. The van der Waals surface area contributed by atoms with Gasteiger partial charge in [-0.05, 0) is 43.2 Å². The molecule has 1 amide bonds. The summed E-state index contributed by atoms with van der Waals surface area (Å²) in [5.41, 5.74) is 2.74. The van der Waals surface area contributed by atoms with Crippen molar-refractivity contribution in [1.29, 1.82) is 0 Å². The summed E-state index contributed by atoms with van der Waals surface area (Å²) in [6, 6.07) is 10.0. The molecule has 0 bridgehead atoms. The van der Waals surface area contributed by atoms with Crippen LogP contribution in [0.5, 0.6) is 0 Å². The van der Waals surface area contributed by atoms with Gasteiger partial charge in [0.15, 0.2) is 0 Å². The van der Waals surface area contributed by atoms with E-state index in [2.05, 4.69) is 26.6 Å². The van der Waals surface area contributed by atoms with Crippen molar-refractivity contribution in [2.24, 2.45) is 0 Å². The number of benzene rings is 1. The first kappa shape index (κ1) is 14.7. The van der Waals surface area contributed by atoms with Crippen LogP contribution in [0, 0.1) is 0 Å². The predicted molar refractivity (Wildman–Crippen MR) is 92.9 cm³/mol. The highest BCUT2D eigenvalue weighted by molar-refractivity contribution is 5.94. The molecule has 3 heterocycles. The number of anilines is 1. The molecular formula is C18H19N5O. The summed E-state index contributed by atoms with van der Waals surface area (Å²) in [6.07, 6.45) is 7.19. The van der Waals surface area contributed by atoms with Crippen LogP contribution in [0.2, 0.25) is 0 Å². The maximum absolute atomic E-state index is 12.6. The van der Waals surface area contributed by atoms with E-state index in [9.17, 15) is 4.79 Å². The molecule has 3 aromatic rings. The van der Waals surface area contributed by atoms with E-state index in [1.165, 1.54) is 0 Å². The van der Waals surface area contributed by atoms with Crippen molar-refractivity contribution < 1.29 is 4.79 Å². The highest BCUT2D eigenvalue weighted by Crippen LogP contribution is 2.21. The van der Waals surface area contributed by atoms with Crippen molar-refractivity contribution in [2.45, 2.75) is 18.9 Å². The third-order valence-corrected chi connectivity index (χ3v) is 4.43. The summed E-state index contributed by atoms with van der Waals surface area (Å²) in [5, 5.41) is 11.6. The van der Waals surface area contributed by atoms with Crippen molar-refractivity contribution in [3.05, 3.63) is 54.5 Å². The molecule has 0 radical (unpaired) electrons. The van der Waals surface area contributed by atoms with Gasteiger partial charge in [0.1, 0.15) is 0 Å². The van der Waals surface area contributed by atoms with Crippen LogP contribution in [0.3, 0.4) is 0 Å². The molecule has 4 rings (SSSR count). The van der Waals surface area contributed by atoms with Gasteiger partial charge in [-0.25, -0.2) is 0 Å². The Labute approximate surface area is 139 Å². The molecular weight excluding hydrogens is 302 g/mol. The second kappa shape index (κ2) is 6.31. The fourth-order valence-electron chi connectivity index (χ4n) is 3.22. The third kappa shape index (κ3) is 2.95. The van der Waals surface area contributed by atoms with Gasteiger partial charge in [0, 0.05) is 42.6 Å². The zero-order valence-electron chi connectivity index (χ0n) is 13.3. The largest absolute Gasteiger partial charge is 0.381 e. The number of likely N-dealkylation sites (tertiary alicyclic amines) is 1. The molecule has 1 aliphatic heterocycles. The van der Waals surface area contributed by atoms with Gasteiger partial charge >= 0.3 is 0 Å². The number of H-pyrrole nitrogens is 1. The number of aromatic nitrogens is 3. The van der Waals surface area contributed by atoms with E-state index in [0.717, 1.165) is 36.0 Å². The minimum atomic E-state index is 0.0555. The zero-order valence-corrected chi connectivity index (χ0v) is 13.3. The number of rotatable bonds is 3. The maximum atomic E-state index is 12.6. The topological polar surface area (TPSA) is 73.9 Å². The number of hydrogen-bond donors (Lipinski definition) is 2. The van der Waals surface area contributed by atoms with Gasteiger partial charge in [0.05, 0.1) is 17.3 Å². The molecule has 6 nitrogen and oxygen atoms in total. The molecule has 1 aliphatic rings. The summed E-state index contributed by atoms with van der Waals surface area (Å²) >= 11 is 0.